The number of aromatic nitrogens is 2. The van der Waals surface area contributed by atoms with Crippen molar-refractivity contribution in [2.45, 2.75) is 20.0 Å². The number of nitrogens with one attached hydrogen (secondary N) is 1. The molecule has 0 fully saturated rings. The summed E-state index contributed by atoms with van der Waals surface area (Å²) >= 11 is 0. The number of H-pyrrole nitrogens is 1. The van der Waals surface area contributed by atoms with Crippen LogP contribution in [0.1, 0.15) is 13.8 Å². The molecule has 0 bridgehead atoms. The Hall–Kier alpha value is -1.92. The minimum absolute atomic E-state index is 0.138. The number of aliphatic hydroxyl groups excluding tert-OH is 1. The number of likely N-dealkylation sites (N-methyl/N-ethyl adjacent to an activating group) is 1. The topological polar surface area (TPSA) is 78.5 Å². The Morgan fingerprint density at radius 3 is 2.62 bits per heavy atom. The molecule has 0 saturated carbocycles. The van der Waals surface area contributed by atoms with Crippen molar-refractivity contribution in [2.75, 3.05) is 26.2 Å². The van der Waals surface area contributed by atoms with Gasteiger partial charge < -0.3 is 14.7 Å². The van der Waals surface area contributed by atoms with E-state index in [0.29, 0.717) is 23.2 Å². The van der Waals surface area contributed by atoms with E-state index < -0.39 is 6.10 Å². The van der Waals surface area contributed by atoms with Crippen LogP contribution < -0.4 is 10.3 Å². The molecule has 1 unspecified atom stereocenters. The Balaban J connectivity index is 2.07. The standard InChI is InChI=1S/C15H21N3O3/c1-3-18(4-2)9-11(19)10-21-15-13-8-6-5-7-12(13)14(20)16-17-15/h5-8,11,19H,3-4,9-10H2,1-2H3,(H,16,20). The molecule has 0 aliphatic rings. The number of rotatable bonds is 7. The van der Waals surface area contributed by atoms with Gasteiger partial charge in [-0.2, -0.15) is 0 Å². The van der Waals surface area contributed by atoms with E-state index in [0.717, 1.165) is 13.1 Å². The molecule has 0 aliphatic carbocycles. The third-order valence-electron chi connectivity index (χ3n) is 3.44. The highest BCUT2D eigenvalue weighted by Gasteiger charge is 2.12. The Kier molecular flexibility index (Phi) is 5.30. The van der Waals surface area contributed by atoms with Crippen LogP contribution in [0.25, 0.3) is 10.8 Å². The molecule has 1 aromatic heterocycles. The van der Waals surface area contributed by atoms with Crippen LogP contribution in [0.15, 0.2) is 29.1 Å². The zero-order chi connectivity index (χ0) is 15.2. The smallest absolute Gasteiger partial charge is 0.272 e. The summed E-state index contributed by atoms with van der Waals surface area (Å²) in [5, 5.41) is 17.5. The molecule has 1 heterocycles. The number of aliphatic hydroxyl groups is 1. The molecule has 0 saturated heterocycles. The molecule has 0 radical (unpaired) electrons. The second-order valence-electron chi connectivity index (χ2n) is 4.85. The molecule has 114 valence electrons. The van der Waals surface area contributed by atoms with Crippen LogP contribution in [0, 0.1) is 0 Å². The van der Waals surface area contributed by atoms with Crippen molar-refractivity contribution in [2.24, 2.45) is 0 Å². The third kappa shape index (κ3) is 3.80. The van der Waals surface area contributed by atoms with Gasteiger partial charge in [-0.15, -0.1) is 5.10 Å². The maximum Gasteiger partial charge on any atom is 0.272 e. The van der Waals surface area contributed by atoms with E-state index in [1.54, 1.807) is 18.2 Å². The van der Waals surface area contributed by atoms with Crippen molar-refractivity contribution in [3.63, 3.8) is 0 Å². The lowest BCUT2D eigenvalue weighted by molar-refractivity contribution is 0.0702. The molecule has 0 amide bonds. The number of benzene rings is 1. The van der Waals surface area contributed by atoms with Gasteiger partial charge in [-0.25, -0.2) is 5.10 Å². The van der Waals surface area contributed by atoms with E-state index in [-0.39, 0.29) is 12.2 Å². The van der Waals surface area contributed by atoms with Gasteiger partial charge in [0.25, 0.3) is 5.56 Å². The molecule has 1 atom stereocenters. The molecule has 6 heteroatoms. The van der Waals surface area contributed by atoms with Crippen LogP contribution >= 0.6 is 0 Å². The van der Waals surface area contributed by atoms with Crippen molar-refractivity contribution in [1.29, 1.82) is 0 Å². The van der Waals surface area contributed by atoms with Gasteiger partial charge in [0.1, 0.15) is 12.7 Å². The van der Waals surface area contributed by atoms with Crippen LogP contribution in [0.3, 0.4) is 0 Å². The van der Waals surface area contributed by atoms with Crippen LogP contribution in [-0.4, -0.2) is 52.5 Å². The van der Waals surface area contributed by atoms with Gasteiger partial charge in [0.2, 0.25) is 5.88 Å². The number of ether oxygens (including phenoxy) is 1. The number of nitrogens with zero attached hydrogens (tertiary/aromatic N) is 2. The van der Waals surface area contributed by atoms with E-state index >= 15 is 0 Å². The lowest BCUT2D eigenvalue weighted by Crippen LogP contribution is -2.35. The summed E-state index contributed by atoms with van der Waals surface area (Å²) in [6.07, 6.45) is -0.600. The highest BCUT2D eigenvalue weighted by atomic mass is 16.5. The Labute approximate surface area is 123 Å². The van der Waals surface area contributed by atoms with Crippen LogP contribution in [0.4, 0.5) is 0 Å². The Morgan fingerprint density at radius 2 is 1.95 bits per heavy atom. The summed E-state index contributed by atoms with van der Waals surface area (Å²) in [5.74, 6) is 0.337. The van der Waals surface area contributed by atoms with E-state index in [1.807, 2.05) is 19.9 Å². The number of hydrogen-bond acceptors (Lipinski definition) is 5. The minimum Gasteiger partial charge on any atom is -0.473 e. The van der Waals surface area contributed by atoms with Crippen molar-refractivity contribution < 1.29 is 9.84 Å². The summed E-state index contributed by atoms with van der Waals surface area (Å²) in [4.78, 5) is 13.8. The fourth-order valence-electron chi connectivity index (χ4n) is 2.21. The number of hydrogen-bond donors (Lipinski definition) is 2. The first-order valence-electron chi connectivity index (χ1n) is 7.16. The number of fused-ring (bicyclic) bond motifs is 1. The Morgan fingerprint density at radius 1 is 1.29 bits per heavy atom. The van der Waals surface area contributed by atoms with Crippen LogP contribution in [0.2, 0.25) is 0 Å². The lowest BCUT2D eigenvalue weighted by Gasteiger charge is -2.21. The van der Waals surface area contributed by atoms with E-state index in [4.69, 9.17) is 4.74 Å². The second kappa shape index (κ2) is 7.19. The van der Waals surface area contributed by atoms with Crippen molar-refractivity contribution in [1.82, 2.24) is 15.1 Å². The highest BCUT2D eigenvalue weighted by Crippen LogP contribution is 2.19. The zero-order valence-electron chi connectivity index (χ0n) is 12.4. The zero-order valence-corrected chi connectivity index (χ0v) is 12.4. The first-order chi connectivity index (χ1) is 10.2. The van der Waals surface area contributed by atoms with Crippen LogP contribution in [0.5, 0.6) is 5.88 Å². The van der Waals surface area contributed by atoms with Gasteiger partial charge in [-0.05, 0) is 25.2 Å². The molecule has 0 aliphatic heterocycles. The normalized spacial score (nSPS) is 12.8. The average Bonchev–Trinajstić information content (AvgIpc) is 2.52. The first kappa shape index (κ1) is 15.5. The predicted octanol–water partition coefficient (Wildman–Crippen LogP) is 1.00. The van der Waals surface area contributed by atoms with Crippen molar-refractivity contribution in [3.05, 3.63) is 34.6 Å². The summed E-state index contributed by atoms with van der Waals surface area (Å²) < 4.78 is 5.57. The summed E-state index contributed by atoms with van der Waals surface area (Å²) in [5.41, 5.74) is -0.248. The Bertz CT molecular complexity index is 637. The molecule has 2 rings (SSSR count). The number of aromatic amines is 1. The molecule has 0 spiro atoms. The maximum atomic E-state index is 11.7. The molecular formula is C15H21N3O3. The quantitative estimate of drug-likeness (QED) is 0.796. The monoisotopic (exact) mass is 291 g/mol. The molecule has 2 aromatic rings. The van der Waals surface area contributed by atoms with E-state index in [9.17, 15) is 9.90 Å². The fraction of sp³-hybridized carbons (Fsp3) is 0.467. The molecule has 1 aromatic carbocycles. The molecular weight excluding hydrogens is 270 g/mol. The summed E-state index contributed by atoms with van der Waals surface area (Å²) in [6.45, 7) is 6.55. The molecule has 2 N–H and O–H groups in total. The highest BCUT2D eigenvalue weighted by molar-refractivity contribution is 5.85. The minimum atomic E-state index is -0.600. The largest absolute Gasteiger partial charge is 0.473 e. The molecule has 21 heavy (non-hydrogen) atoms. The third-order valence-corrected chi connectivity index (χ3v) is 3.44. The first-order valence-corrected chi connectivity index (χ1v) is 7.16. The average molecular weight is 291 g/mol. The molecule has 6 nitrogen and oxygen atoms in total. The SMILES string of the molecule is CCN(CC)CC(O)COc1n[nH]c(=O)c2ccccc12. The van der Waals surface area contributed by atoms with E-state index in [1.165, 1.54) is 0 Å². The van der Waals surface area contributed by atoms with Gasteiger partial charge in [-0.1, -0.05) is 26.0 Å². The second-order valence-corrected chi connectivity index (χ2v) is 4.85. The summed E-state index contributed by atoms with van der Waals surface area (Å²) in [7, 11) is 0. The van der Waals surface area contributed by atoms with Crippen molar-refractivity contribution >= 4 is 10.8 Å². The van der Waals surface area contributed by atoms with Gasteiger partial charge in [0.05, 0.1) is 10.8 Å². The van der Waals surface area contributed by atoms with Gasteiger partial charge in [-0.3, -0.25) is 4.79 Å². The van der Waals surface area contributed by atoms with Crippen LogP contribution in [-0.2, 0) is 0 Å². The fourth-order valence-corrected chi connectivity index (χ4v) is 2.21. The summed E-state index contributed by atoms with van der Waals surface area (Å²) in [6, 6.07) is 7.11. The van der Waals surface area contributed by atoms with Gasteiger partial charge in [0.15, 0.2) is 0 Å². The maximum absolute atomic E-state index is 11.7. The van der Waals surface area contributed by atoms with E-state index in [2.05, 4.69) is 15.1 Å². The van der Waals surface area contributed by atoms with Gasteiger partial charge in [0, 0.05) is 6.54 Å². The lowest BCUT2D eigenvalue weighted by atomic mass is 10.2. The van der Waals surface area contributed by atoms with Gasteiger partial charge >= 0.3 is 0 Å². The predicted molar refractivity (Wildman–Crippen MR) is 81.7 cm³/mol. The van der Waals surface area contributed by atoms with Crippen molar-refractivity contribution in [3.8, 4) is 5.88 Å².